The van der Waals surface area contributed by atoms with E-state index in [9.17, 15) is 13.6 Å². The molecule has 0 radical (unpaired) electrons. The van der Waals surface area contributed by atoms with Gasteiger partial charge in [-0.15, -0.1) is 0 Å². The normalized spacial score (nSPS) is 18.9. The summed E-state index contributed by atoms with van der Waals surface area (Å²) in [6.45, 7) is 3.87. The number of carbonyl (C=O) groups excluding carboxylic acids is 1. The van der Waals surface area contributed by atoms with Gasteiger partial charge in [0.05, 0.1) is 12.3 Å². The Labute approximate surface area is 198 Å². The molecule has 1 unspecified atom stereocenters. The highest BCUT2D eigenvalue weighted by Crippen LogP contribution is 2.34. The highest BCUT2D eigenvalue weighted by Gasteiger charge is 2.29. The van der Waals surface area contributed by atoms with Gasteiger partial charge in [0.15, 0.2) is 0 Å². The van der Waals surface area contributed by atoms with Gasteiger partial charge in [-0.2, -0.15) is 0 Å². The number of ether oxygens (including phenoxy) is 1. The van der Waals surface area contributed by atoms with Crippen molar-refractivity contribution in [3.63, 3.8) is 0 Å². The van der Waals surface area contributed by atoms with Crippen LogP contribution in [0.3, 0.4) is 0 Å². The van der Waals surface area contributed by atoms with Crippen LogP contribution in [0.2, 0.25) is 0 Å². The van der Waals surface area contributed by atoms with Crippen LogP contribution >= 0.6 is 0 Å². The highest BCUT2D eigenvalue weighted by molar-refractivity contribution is 7.80. The lowest BCUT2D eigenvalue weighted by molar-refractivity contribution is 0.0976. The fourth-order valence-electron chi connectivity index (χ4n) is 5.15. The molecule has 180 valence electrons. The molecule has 0 spiro atoms. The van der Waals surface area contributed by atoms with Crippen molar-refractivity contribution in [3.05, 3.63) is 42.0 Å². The van der Waals surface area contributed by atoms with Crippen LogP contribution in [0.25, 0.3) is 10.8 Å². The summed E-state index contributed by atoms with van der Waals surface area (Å²) >= 11 is -2.41. The lowest BCUT2D eigenvalue weighted by Gasteiger charge is -2.40. The van der Waals surface area contributed by atoms with Gasteiger partial charge in [0, 0.05) is 48.4 Å². The topological polar surface area (TPSA) is 84.9 Å². The van der Waals surface area contributed by atoms with Crippen LogP contribution < -0.4 is 9.62 Å². The highest BCUT2D eigenvalue weighted by atomic mass is 32.2. The Kier molecular flexibility index (Phi) is 8.22. The minimum atomic E-state index is -2.41. The molecule has 1 saturated heterocycles. The maximum atomic E-state index is 12.4. The van der Waals surface area contributed by atoms with Crippen LogP contribution in [-0.4, -0.2) is 51.5 Å². The quantitative estimate of drug-likeness (QED) is 0.601. The first-order valence-electron chi connectivity index (χ1n) is 12.1. The number of anilines is 1. The molecule has 7 nitrogen and oxygen atoms in total. The molecular formula is C25H34N3O4S-. The summed E-state index contributed by atoms with van der Waals surface area (Å²) in [6.07, 6.45) is 7.18. The maximum Gasteiger partial charge on any atom is 0.409 e. The first-order valence-corrected chi connectivity index (χ1v) is 13.2. The second-order valence-corrected chi connectivity index (χ2v) is 9.79. The molecule has 2 aromatic carbocycles. The molecule has 0 bridgehead atoms. The minimum Gasteiger partial charge on any atom is -0.755 e. The van der Waals surface area contributed by atoms with E-state index in [1.54, 1.807) is 11.8 Å². The first-order chi connectivity index (χ1) is 16.1. The molecule has 1 amide bonds. The third kappa shape index (κ3) is 5.67. The lowest BCUT2D eigenvalue weighted by atomic mass is 9.95. The third-order valence-electron chi connectivity index (χ3n) is 6.90. The minimum absolute atomic E-state index is 0.191. The summed E-state index contributed by atoms with van der Waals surface area (Å²) in [4.78, 5) is 13.7. The van der Waals surface area contributed by atoms with Gasteiger partial charge in [-0.25, -0.2) is 4.79 Å². The first kappa shape index (κ1) is 24.0. The molecule has 1 aliphatic heterocycles. The molecular weight excluding hydrogens is 438 g/mol. The Morgan fingerprint density at radius 2 is 1.79 bits per heavy atom. The molecule has 4 rings (SSSR count). The van der Waals surface area contributed by atoms with E-state index in [2.05, 4.69) is 17.4 Å². The molecule has 1 aliphatic carbocycles. The molecule has 33 heavy (non-hydrogen) atoms. The Hall–Kier alpha value is -2.16. The van der Waals surface area contributed by atoms with E-state index in [1.165, 1.54) is 42.0 Å². The van der Waals surface area contributed by atoms with E-state index >= 15 is 0 Å². The molecule has 1 atom stereocenters. The van der Waals surface area contributed by atoms with E-state index in [4.69, 9.17) is 4.74 Å². The van der Waals surface area contributed by atoms with Gasteiger partial charge in [0.25, 0.3) is 0 Å². The number of amides is 1. The number of nitrogens with one attached hydrogen (secondary N) is 1. The van der Waals surface area contributed by atoms with Crippen LogP contribution in [0, 0.1) is 0 Å². The zero-order valence-electron chi connectivity index (χ0n) is 19.3. The largest absolute Gasteiger partial charge is 0.755 e. The van der Waals surface area contributed by atoms with Gasteiger partial charge in [-0.05, 0) is 49.6 Å². The summed E-state index contributed by atoms with van der Waals surface area (Å²) in [6, 6.07) is 12.4. The Morgan fingerprint density at radius 3 is 2.45 bits per heavy atom. The van der Waals surface area contributed by atoms with E-state index in [0.717, 1.165) is 17.3 Å². The third-order valence-corrected chi connectivity index (χ3v) is 7.71. The van der Waals surface area contributed by atoms with Crippen molar-refractivity contribution in [1.29, 1.82) is 0 Å². The monoisotopic (exact) mass is 472 g/mol. The number of hydrogen-bond donors (Lipinski definition) is 1. The van der Waals surface area contributed by atoms with Crippen molar-refractivity contribution < 1.29 is 18.3 Å². The molecule has 2 aromatic rings. The van der Waals surface area contributed by atoms with Crippen molar-refractivity contribution in [2.75, 3.05) is 24.0 Å². The molecule has 1 saturated carbocycles. The molecule has 8 heteroatoms. The van der Waals surface area contributed by atoms with Crippen LogP contribution in [0.4, 0.5) is 10.5 Å². The predicted octanol–water partition coefficient (Wildman–Crippen LogP) is 4.48. The lowest BCUT2D eigenvalue weighted by Crippen LogP contribution is -2.47. The number of rotatable bonds is 7. The van der Waals surface area contributed by atoms with Gasteiger partial charge in [-0.1, -0.05) is 49.6 Å². The SMILES string of the molecule is CCOC(=O)N1CCC(N(c2ccc(CNC3CCCCC3)c3ccccc23)S(=O)[O-])CC1. The fourth-order valence-corrected chi connectivity index (χ4v) is 5.92. The molecule has 2 fully saturated rings. The van der Waals surface area contributed by atoms with Gasteiger partial charge in [-0.3, -0.25) is 8.51 Å². The Morgan fingerprint density at radius 1 is 1.09 bits per heavy atom. The van der Waals surface area contributed by atoms with E-state index in [0.29, 0.717) is 44.3 Å². The average Bonchev–Trinajstić information content (AvgIpc) is 2.84. The molecule has 1 N–H and O–H groups in total. The Balaban J connectivity index is 1.54. The summed E-state index contributed by atoms with van der Waals surface area (Å²) < 4.78 is 31.4. The summed E-state index contributed by atoms with van der Waals surface area (Å²) in [7, 11) is 0. The van der Waals surface area contributed by atoms with Crippen molar-refractivity contribution in [2.24, 2.45) is 0 Å². The number of nitrogens with zero attached hydrogens (tertiary/aromatic N) is 2. The number of fused-ring (bicyclic) bond motifs is 1. The van der Waals surface area contributed by atoms with Crippen molar-refractivity contribution in [2.45, 2.75) is 70.5 Å². The van der Waals surface area contributed by atoms with Crippen molar-refractivity contribution in [1.82, 2.24) is 10.2 Å². The van der Waals surface area contributed by atoms with Gasteiger partial charge in [0.2, 0.25) is 0 Å². The van der Waals surface area contributed by atoms with Crippen LogP contribution in [0.15, 0.2) is 36.4 Å². The molecule has 2 aliphatic rings. The zero-order chi connectivity index (χ0) is 23.2. The Bertz CT molecular complexity index is 971. The van der Waals surface area contributed by atoms with Gasteiger partial charge < -0.3 is 19.5 Å². The average molecular weight is 473 g/mol. The number of hydrogen-bond acceptors (Lipinski definition) is 5. The zero-order valence-corrected chi connectivity index (χ0v) is 20.1. The summed E-state index contributed by atoms with van der Waals surface area (Å²) in [5, 5.41) is 5.73. The molecule has 1 heterocycles. The van der Waals surface area contributed by atoms with Crippen molar-refractivity contribution >= 4 is 33.8 Å². The van der Waals surface area contributed by atoms with E-state index in [-0.39, 0.29) is 12.1 Å². The standard InChI is InChI=1S/C25H35N3O4S/c1-2-32-25(29)27-16-14-21(15-17-27)28(33(30)31)24-13-12-19(22-10-6-7-11-23(22)24)18-26-20-8-4-3-5-9-20/h6-7,10-13,20-21,26H,2-5,8-9,14-18H2,1H3,(H,30,31)/p-1. The van der Waals surface area contributed by atoms with E-state index in [1.807, 2.05) is 24.3 Å². The molecule has 0 aromatic heterocycles. The number of likely N-dealkylation sites (tertiary alicyclic amines) is 1. The van der Waals surface area contributed by atoms with Crippen molar-refractivity contribution in [3.8, 4) is 0 Å². The smallest absolute Gasteiger partial charge is 0.409 e. The second-order valence-electron chi connectivity index (χ2n) is 8.97. The van der Waals surface area contributed by atoms with Crippen LogP contribution in [0.5, 0.6) is 0 Å². The van der Waals surface area contributed by atoms with Gasteiger partial charge >= 0.3 is 6.09 Å². The summed E-state index contributed by atoms with van der Waals surface area (Å²) in [5.74, 6) is 0. The van der Waals surface area contributed by atoms with E-state index < -0.39 is 11.3 Å². The van der Waals surface area contributed by atoms with Gasteiger partial charge in [0.1, 0.15) is 0 Å². The maximum absolute atomic E-state index is 12.4. The fraction of sp³-hybridized carbons (Fsp3) is 0.560. The van der Waals surface area contributed by atoms with Crippen LogP contribution in [-0.2, 0) is 22.5 Å². The number of carbonyl (C=O) groups is 1. The number of piperidine rings is 1. The van der Waals surface area contributed by atoms with Crippen LogP contribution in [0.1, 0.15) is 57.4 Å². The summed E-state index contributed by atoms with van der Waals surface area (Å²) in [5.41, 5.74) is 1.89. The predicted molar refractivity (Wildman–Crippen MR) is 131 cm³/mol. The number of benzene rings is 2. The second kappa shape index (κ2) is 11.3.